The molecule has 1 saturated carbocycles. The van der Waals surface area contributed by atoms with Crippen molar-refractivity contribution in [2.75, 3.05) is 6.61 Å². The van der Waals surface area contributed by atoms with E-state index in [1.165, 1.54) is 13.0 Å². The molecule has 1 aliphatic heterocycles. The van der Waals surface area contributed by atoms with Gasteiger partial charge in [-0.2, -0.15) is 0 Å². The van der Waals surface area contributed by atoms with Gasteiger partial charge in [0.2, 0.25) is 5.88 Å². The van der Waals surface area contributed by atoms with E-state index in [9.17, 15) is 34.7 Å². The number of hydrogen-bond donors (Lipinski definition) is 5. The van der Waals surface area contributed by atoms with Crippen LogP contribution < -0.4 is 4.74 Å². The van der Waals surface area contributed by atoms with Gasteiger partial charge in [0.1, 0.15) is 24.1 Å². The van der Waals surface area contributed by atoms with Gasteiger partial charge in [-0.3, -0.25) is 4.68 Å². The Hall–Kier alpha value is -2.61. The number of halogens is 1. The van der Waals surface area contributed by atoms with Crippen LogP contribution in [-0.2, 0) is 27.2 Å². The maximum absolute atomic E-state index is 14.2. The molecule has 2 aliphatic rings. The number of rotatable bonds is 9. The number of ether oxygens (including phenoxy) is 3. The largest absolute Gasteiger partial charge is 0.464 e. The molecule has 2 fully saturated rings. The molecule has 1 aromatic heterocycles. The van der Waals surface area contributed by atoms with Gasteiger partial charge in [0.25, 0.3) is 0 Å². The van der Waals surface area contributed by atoms with Gasteiger partial charge in [0, 0.05) is 24.2 Å². The van der Waals surface area contributed by atoms with E-state index >= 15 is 0 Å². The first-order valence-electron chi connectivity index (χ1n) is 12.2. The monoisotopic (exact) mass is 524 g/mol. The van der Waals surface area contributed by atoms with E-state index in [2.05, 4.69) is 5.10 Å². The van der Waals surface area contributed by atoms with E-state index in [1.54, 1.807) is 30.7 Å². The van der Waals surface area contributed by atoms with Crippen LogP contribution in [0, 0.1) is 25.6 Å². The molecule has 1 aliphatic carbocycles. The van der Waals surface area contributed by atoms with E-state index in [0.29, 0.717) is 34.8 Å². The van der Waals surface area contributed by atoms with Crippen molar-refractivity contribution in [3.63, 3.8) is 0 Å². The molecule has 11 nitrogen and oxygen atoms in total. The summed E-state index contributed by atoms with van der Waals surface area (Å²) in [6.45, 7) is 5.44. The molecule has 12 heteroatoms. The molecular formula is C25H33FN2O9. The zero-order valence-electron chi connectivity index (χ0n) is 20.9. The highest BCUT2D eigenvalue weighted by Crippen LogP contribution is 2.37. The molecule has 1 unspecified atom stereocenters. The number of carbonyl (C=O) groups is 1. The summed E-state index contributed by atoms with van der Waals surface area (Å²) in [4.78, 5) is 12.0. The van der Waals surface area contributed by atoms with Gasteiger partial charge in [-0.25, -0.2) is 9.18 Å². The molecule has 0 amide bonds. The van der Waals surface area contributed by atoms with Gasteiger partial charge in [-0.1, -0.05) is 12.1 Å². The number of aromatic nitrogens is 2. The maximum atomic E-state index is 14.2. The summed E-state index contributed by atoms with van der Waals surface area (Å²) in [5.74, 6) is -4.29. The Morgan fingerprint density at radius 1 is 1.27 bits per heavy atom. The first-order chi connectivity index (χ1) is 17.4. The number of carbonyl (C=O) groups excluding carboxylic acids is 1. The van der Waals surface area contributed by atoms with Crippen LogP contribution in [0.2, 0.25) is 0 Å². The third-order valence-corrected chi connectivity index (χ3v) is 6.81. The average molecular weight is 525 g/mol. The predicted molar refractivity (Wildman–Crippen MR) is 125 cm³/mol. The number of benzene rings is 1. The quantitative estimate of drug-likeness (QED) is 0.224. The minimum Gasteiger partial charge on any atom is -0.464 e. The molecule has 1 saturated heterocycles. The molecule has 5 N–H and O–H groups in total. The Kier molecular flexibility index (Phi) is 7.88. The normalized spacial score (nSPS) is 28.7. The lowest BCUT2D eigenvalue weighted by atomic mass is 9.94. The van der Waals surface area contributed by atoms with Gasteiger partial charge in [-0.05, 0) is 56.7 Å². The van der Waals surface area contributed by atoms with Crippen molar-refractivity contribution in [2.45, 2.75) is 83.1 Å². The van der Waals surface area contributed by atoms with Crippen LogP contribution in [0.1, 0.15) is 42.1 Å². The highest BCUT2D eigenvalue weighted by atomic mass is 19.1. The van der Waals surface area contributed by atoms with Crippen LogP contribution in [-0.4, -0.2) is 84.4 Å². The van der Waals surface area contributed by atoms with Crippen LogP contribution in [0.5, 0.6) is 5.88 Å². The summed E-state index contributed by atoms with van der Waals surface area (Å²) in [5, 5.41) is 57.2. The second kappa shape index (κ2) is 10.6. The molecule has 4 rings (SSSR count). The summed E-state index contributed by atoms with van der Waals surface area (Å²) < 4.78 is 31.6. The molecule has 204 valence electrons. The predicted octanol–water partition coefficient (Wildman–Crippen LogP) is 0.0702. The van der Waals surface area contributed by atoms with Gasteiger partial charge in [0.05, 0.1) is 6.61 Å². The van der Waals surface area contributed by atoms with Crippen LogP contribution in [0.3, 0.4) is 0 Å². The lowest BCUT2D eigenvalue weighted by Crippen LogP contribution is -2.69. The smallest absolute Gasteiger partial charge is 0.356 e. The zero-order valence-corrected chi connectivity index (χ0v) is 20.9. The van der Waals surface area contributed by atoms with Crippen LogP contribution in [0.15, 0.2) is 18.2 Å². The lowest BCUT2D eigenvalue weighted by Gasteiger charge is -2.45. The molecule has 2 heterocycles. The molecular weight excluding hydrogens is 491 g/mol. The van der Waals surface area contributed by atoms with Gasteiger partial charge < -0.3 is 39.7 Å². The fraction of sp³-hybridized carbons (Fsp3) is 0.600. The lowest BCUT2D eigenvalue weighted by molar-refractivity contribution is -0.426. The first-order valence-corrected chi connectivity index (χ1v) is 12.2. The van der Waals surface area contributed by atoms with Crippen molar-refractivity contribution < 1.29 is 48.9 Å². The summed E-state index contributed by atoms with van der Waals surface area (Å²) in [5.41, 5.74) is 2.23. The van der Waals surface area contributed by atoms with E-state index in [1.807, 2.05) is 0 Å². The second-order valence-electron chi connectivity index (χ2n) is 9.69. The Balaban J connectivity index is 1.67. The van der Waals surface area contributed by atoms with Gasteiger partial charge >= 0.3 is 11.9 Å². The van der Waals surface area contributed by atoms with Crippen LogP contribution >= 0.6 is 0 Å². The zero-order chi connectivity index (χ0) is 27.1. The highest BCUT2D eigenvalue weighted by molar-refractivity contribution is 5.75. The number of hydrogen-bond acceptors (Lipinski definition) is 10. The third-order valence-electron chi connectivity index (χ3n) is 6.81. The molecule has 0 bridgehead atoms. The highest BCUT2D eigenvalue weighted by Gasteiger charge is 2.58. The Bertz CT molecular complexity index is 1140. The van der Waals surface area contributed by atoms with Crippen molar-refractivity contribution in [2.24, 2.45) is 5.92 Å². The third kappa shape index (κ3) is 5.64. The van der Waals surface area contributed by atoms with Crippen molar-refractivity contribution in [3.8, 4) is 5.88 Å². The van der Waals surface area contributed by atoms with Gasteiger partial charge in [0.15, 0.2) is 12.2 Å². The van der Waals surface area contributed by atoms with Crippen molar-refractivity contribution >= 4 is 5.97 Å². The number of nitrogens with zero attached hydrogens (tertiary/aromatic N) is 2. The first kappa shape index (κ1) is 27.4. The number of esters is 1. The van der Waals surface area contributed by atoms with Crippen LogP contribution in [0.4, 0.5) is 4.39 Å². The maximum Gasteiger partial charge on any atom is 0.356 e. The fourth-order valence-electron chi connectivity index (χ4n) is 4.28. The van der Waals surface area contributed by atoms with E-state index in [-0.39, 0.29) is 24.7 Å². The molecule has 0 radical (unpaired) electrons. The second-order valence-corrected chi connectivity index (χ2v) is 9.69. The van der Waals surface area contributed by atoms with Crippen molar-refractivity contribution in [1.82, 2.24) is 9.78 Å². The van der Waals surface area contributed by atoms with E-state index < -0.39 is 42.5 Å². The van der Waals surface area contributed by atoms with E-state index in [4.69, 9.17) is 14.2 Å². The summed E-state index contributed by atoms with van der Waals surface area (Å²) in [6.07, 6.45) is -7.97. The number of aliphatic hydroxyl groups excluding tert-OH is 4. The molecule has 1 aromatic carbocycles. The van der Waals surface area contributed by atoms with Crippen LogP contribution in [0.25, 0.3) is 0 Å². The van der Waals surface area contributed by atoms with Gasteiger partial charge in [-0.15, -0.1) is 5.10 Å². The topological polar surface area (TPSA) is 164 Å². The minimum absolute atomic E-state index is 0.0780. The summed E-state index contributed by atoms with van der Waals surface area (Å²) in [6, 6.07) is 4.76. The Morgan fingerprint density at radius 2 is 1.97 bits per heavy atom. The van der Waals surface area contributed by atoms with E-state index in [0.717, 1.165) is 12.8 Å². The molecule has 6 atom stereocenters. The molecule has 2 aromatic rings. The van der Waals surface area contributed by atoms with Crippen molar-refractivity contribution in [3.05, 3.63) is 46.4 Å². The molecule has 37 heavy (non-hydrogen) atoms. The standard InChI is InChI=1S/C25H33FN2O9/c1-4-35-24(33)20(31)21-18(29)19(30)22(32)25(34,36-21)37-23-16(9-15-6-5-12(2)17(26)10-15)13(3)28(27-23)11-14-7-8-14/h5-6,10,14,18-22,29-32,34H,4,7-9,11H2,1-3H3/t18-,19-,20?,21-,22+,25+/m0/s1. The summed E-state index contributed by atoms with van der Waals surface area (Å²) in [7, 11) is 0. The SMILES string of the molecule is CCOC(=O)C(O)[C@H]1O[C@@](O)(Oc2nn(CC3CC3)c(C)c2Cc2ccc(C)c(F)c2)[C@H](O)[C@@H](O)[C@@H]1O. The average Bonchev–Trinajstić information content (AvgIpc) is 3.63. The Labute approximate surface area is 213 Å². The molecule has 0 spiro atoms. The Morgan fingerprint density at radius 3 is 2.59 bits per heavy atom. The summed E-state index contributed by atoms with van der Waals surface area (Å²) >= 11 is 0. The number of aliphatic hydroxyl groups is 5. The van der Waals surface area contributed by atoms with Crippen molar-refractivity contribution in [1.29, 1.82) is 0 Å². The minimum atomic E-state index is -3.00. The number of aryl methyl sites for hydroxylation is 1. The fourth-order valence-corrected chi connectivity index (χ4v) is 4.28.